The number of aromatic amines is 1. The summed E-state index contributed by atoms with van der Waals surface area (Å²) in [4.78, 5) is 18.0. The molecule has 0 spiro atoms. The van der Waals surface area contributed by atoms with Crippen LogP contribution in [0.1, 0.15) is 28.9 Å². The molecule has 4 rings (SSSR count). The first-order valence-corrected chi connectivity index (χ1v) is 10.0. The van der Waals surface area contributed by atoms with E-state index in [-0.39, 0.29) is 11.7 Å². The van der Waals surface area contributed by atoms with Gasteiger partial charge in [-0.2, -0.15) is 0 Å². The van der Waals surface area contributed by atoms with Crippen LogP contribution in [0.4, 0.5) is 4.39 Å². The van der Waals surface area contributed by atoms with Gasteiger partial charge >= 0.3 is 0 Å². The second kappa shape index (κ2) is 8.66. The van der Waals surface area contributed by atoms with Crippen molar-refractivity contribution in [1.82, 2.24) is 15.2 Å². The maximum absolute atomic E-state index is 13.3. The highest BCUT2D eigenvalue weighted by molar-refractivity contribution is 5.97. The number of benzene rings is 2. The molecule has 2 N–H and O–H groups in total. The Kier molecular flexibility index (Phi) is 5.81. The van der Waals surface area contributed by atoms with E-state index in [0.29, 0.717) is 23.5 Å². The number of hydrogen-bond acceptors (Lipinski definition) is 3. The van der Waals surface area contributed by atoms with E-state index < -0.39 is 0 Å². The number of carbonyl (C=O) groups excluding carboxylic acids is 1. The number of aromatic nitrogens is 1. The molecule has 152 valence electrons. The van der Waals surface area contributed by atoms with Crippen LogP contribution in [0.2, 0.25) is 0 Å². The summed E-state index contributed by atoms with van der Waals surface area (Å²) >= 11 is 0. The molecule has 0 saturated carbocycles. The molecule has 2 aromatic carbocycles. The van der Waals surface area contributed by atoms with Crippen molar-refractivity contribution in [2.45, 2.75) is 19.4 Å². The lowest BCUT2D eigenvalue weighted by Crippen LogP contribution is -2.38. The molecule has 1 saturated heterocycles. The van der Waals surface area contributed by atoms with Gasteiger partial charge in [0.25, 0.3) is 5.91 Å². The van der Waals surface area contributed by atoms with Crippen LogP contribution in [0.25, 0.3) is 10.9 Å². The van der Waals surface area contributed by atoms with Crippen molar-refractivity contribution in [2.75, 3.05) is 26.7 Å². The van der Waals surface area contributed by atoms with Gasteiger partial charge in [0, 0.05) is 24.0 Å². The first kappa shape index (κ1) is 19.5. The Labute approximate surface area is 169 Å². The van der Waals surface area contributed by atoms with E-state index >= 15 is 0 Å². The topological polar surface area (TPSA) is 57.4 Å². The first-order valence-electron chi connectivity index (χ1n) is 10.0. The quantitative estimate of drug-likeness (QED) is 0.664. The molecule has 1 fully saturated rings. The normalized spacial score (nSPS) is 15.5. The van der Waals surface area contributed by atoms with Crippen LogP contribution < -0.4 is 10.1 Å². The van der Waals surface area contributed by atoms with Crippen molar-refractivity contribution in [3.8, 4) is 5.75 Å². The van der Waals surface area contributed by atoms with Crippen molar-refractivity contribution >= 4 is 16.8 Å². The van der Waals surface area contributed by atoms with Crippen LogP contribution in [-0.4, -0.2) is 42.5 Å². The largest absolute Gasteiger partial charge is 0.497 e. The number of carbonyl (C=O) groups is 1. The smallest absolute Gasteiger partial charge is 0.267 e. The van der Waals surface area contributed by atoms with Crippen LogP contribution >= 0.6 is 0 Å². The lowest BCUT2D eigenvalue weighted by molar-refractivity contribution is 0.0931. The Morgan fingerprint density at radius 3 is 2.66 bits per heavy atom. The summed E-state index contributed by atoms with van der Waals surface area (Å²) in [7, 11) is 1.68. The van der Waals surface area contributed by atoms with Crippen LogP contribution in [0.3, 0.4) is 0 Å². The maximum atomic E-state index is 13.3. The summed E-state index contributed by atoms with van der Waals surface area (Å²) in [5, 5.41) is 3.74. The Balaban J connectivity index is 1.24. The lowest BCUT2D eigenvalue weighted by atomic mass is 9.96. The zero-order valence-electron chi connectivity index (χ0n) is 16.6. The molecule has 6 heteroatoms. The molecule has 0 atom stereocenters. The van der Waals surface area contributed by atoms with Crippen molar-refractivity contribution in [1.29, 1.82) is 0 Å². The van der Waals surface area contributed by atoms with E-state index in [1.165, 1.54) is 17.7 Å². The van der Waals surface area contributed by atoms with Gasteiger partial charge in [0.05, 0.1) is 7.11 Å². The van der Waals surface area contributed by atoms with Gasteiger partial charge in [0.15, 0.2) is 0 Å². The van der Waals surface area contributed by atoms with E-state index in [1.54, 1.807) is 19.2 Å². The third kappa shape index (κ3) is 4.77. The van der Waals surface area contributed by atoms with Gasteiger partial charge in [0.2, 0.25) is 0 Å². The monoisotopic (exact) mass is 395 g/mol. The molecule has 1 aliphatic heterocycles. The van der Waals surface area contributed by atoms with Gasteiger partial charge < -0.3 is 15.0 Å². The molecule has 29 heavy (non-hydrogen) atoms. The van der Waals surface area contributed by atoms with Crippen LogP contribution in [0.5, 0.6) is 5.75 Å². The van der Waals surface area contributed by atoms with E-state index in [9.17, 15) is 9.18 Å². The van der Waals surface area contributed by atoms with E-state index in [1.807, 2.05) is 12.1 Å². The van der Waals surface area contributed by atoms with Crippen molar-refractivity contribution in [3.63, 3.8) is 0 Å². The summed E-state index contributed by atoms with van der Waals surface area (Å²) in [6, 6.07) is 14.4. The first-order chi connectivity index (χ1) is 14.1. The summed E-state index contributed by atoms with van der Waals surface area (Å²) in [6.45, 7) is 3.66. The zero-order valence-corrected chi connectivity index (χ0v) is 16.6. The van der Waals surface area contributed by atoms with Gasteiger partial charge in [-0.3, -0.25) is 9.69 Å². The van der Waals surface area contributed by atoms with Gasteiger partial charge in [-0.1, -0.05) is 12.1 Å². The van der Waals surface area contributed by atoms with Crippen LogP contribution in [0, 0.1) is 11.7 Å². The molecule has 2 heterocycles. The number of amides is 1. The number of rotatable bonds is 6. The molecular weight excluding hydrogens is 369 g/mol. The maximum Gasteiger partial charge on any atom is 0.267 e. The average Bonchev–Trinajstić information content (AvgIpc) is 3.17. The molecule has 0 radical (unpaired) electrons. The number of ether oxygens (including phenoxy) is 1. The Hall–Kier alpha value is -2.86. The number of hydrogen-bond donors (Lipinski definition) is 2. The fraction of sp³-hybridized carbons (Fsp3) is 0.348. The minimum Gasteiger partial charge on any atom is -0.497 e. The average molecular weight is 395 g/mol. The summed E-state index contributed by atoms with van der Waals surface area (Å²) in [5.74, 6) is 0.920. The number of nitrogens with one attached hydrogen (secondary N) is 2. The number of likely N-dealkylation sites (tertiary alicyclic amines) is 1. The Morgan fingerprint density at radius 2 is 1.93 bits per heavy atom. The molecule has 0 bridgehead atoms. The fourth-order valence-corrected chi connectivity index (χ4v) is 3.90. The third-order valence-electron chi connectivity index (χ3n) is 5.65. The molecule has 3 aromatic rings. The summed E-state index contributed by atoms with van der Waals surface area (Å²) in [5.41, 5.74) is 2.53. The minimum absolute atomic E-state index is 0.137. The van der Waals surface area contributed by atoms with Crippen LogP contribution in [-0.2, 0) is 6.54 Å². The van der Waals surface area contributed by atoms with Crippen molar-refractivity contribution in [3.05, 3.63) is 65.6 Å². The van der Waals surface area contributed by atoms with Crippen molar-refractivity contribution in [2.24, 2.45) is 5.92 Å². The van der Waals surface area contributed by atoms with Crippen LogP contribution in [0.15, 0.2) is 48.5 Å². The number of H-pyrrole nitrogens is 1. The molecule has 1 aliphatic rings. The number of methoxy groups -OCH3 is 1. The molecular formula is C23H26FN3O2. The molecule has 5 nitrogen and oxygen atoms in total. The lowest BCUT2D eigenvalue weighted by Gasteiger charge is -2.32. The predicted molar refractivity (Wildman–Crippen MR) is 112 cm³/mol. The highest BCUT2D eigenvalue weighted by Crippen LogP contribution is 2.20. The predicted octanol–water partition coefficient (Wildman–Crippen LogP) is 3.96. The van der Waals surface area contributed by atoms with Crippen molar-refractivity contribution < 1.29 is 13.9 Å². The molecule has 1 amide bonds. The Bertz CT molecular complexity index is 975. The van der Waals surface area contributed by atoms with E-state index in [0.717, 1.165) is 43.7 Å². The highest BCUT2D eigenvalue weighted by Gasteiger charge is 2.20. The minimum atomic E-state index is -0.301. The van der Waals surface area contributed by atoms with E-state index in [2.05, 4.69) is 27.3 Å². The van der Waals surface area contributed by atoms with E-state index in [4.69, 9.17) is 4.74 Å². The summed E-state index contributed by atoms with van der Waals surface area (Å²) in [6.07, 6.45) is 2.13. The second-order valence-electron chi connectivity index (χ2n) is 7.69. The zero-order chi connectivity index (χ0) is 20.2. The molecule has 1 aromatic heterocycles. The molecule has 0 unspecified atom stereocenters. The van der Waals surface area contributed by atoms with Gasteiger partial charge in [-0.25, -0.2) is 4.39 Å². The molecule has 0 aliphatic carbocycles. The number of piperidine rings is 1. The SMILES string of the molecule is COc1ccc(CN2CCC(CNC(=O)c3cc4cc(F)ccc4[nH]3)CC2)cc1. The van der Waals surface area contributed by atoms with Gasteiger partial charge in [0.1, 0.15) is 17.3 Å². The standard InChI is InChI=1S/C23H26FN3O2/c1-29-20-5-2-17(3-6-20)15-27-10-8-16(9-11-27)14-25-23(28)22-13-18-12-19(24)4-7-21(18)26-22/h2-7,12-13,16,26H,8-11,14-15H2,1H3,(H,25,28). The highest BCUT2D eigenvalue weighted by atomic mass is 19.1. The second-order valence-corrected chi connectivity index (χ2v) is 7.69. The number of nitrogens with zero attached hydrogens (tertiary/aromatic N) is 1. The Morgan fingerprint density at radius 1 is 1.17 bits per heavy atom. The number of fused-ring (bicyclic) bond motifs is 1. The van der Waals surface area contributed by atoms with Gasteiger partial charge in [-0.05, 0) is 73.8 Å². The fourth-order valence-electron chi connectivity index (χ4n) is 3.90. The summed E-state index contributed by atoms with van der Waals surface area (Å²) < 4.78 is 18.5. The van der Waals surface area contributed by atoms with Gasteiger partial charge in [-0.15, -0.1) is 0 Å². The number of halogens is 1. The third-order valence-corrected chi connectivity index (χ3v) is 5.65.